The van der Waals surface area contributed by atoms with E-state index in [1.807, 2.05) is 13.8 Å². The molecular weight excluding hydrogens is 198 g/mol. The highest BCUT2D eigenvalue weighted by atomic mass is 16.1. The summed E-state index contributed by atoms with van der Waals surface area (Å²) in [5.41, 5.74) is 2.49. The lowest BCUT2D eigenvalue weighted by atomic mass is 9.99. The van der Waals surface area contributed by atoms with E-state index in [0.717, 1.165) is 5.56 Å². The fourth-order valence-corrected chi connectivity index (χ4v) is 1.60. The standard InChI is InChI=1S/C14H21NO/c1-5-14(16)15-11(4)13-8-6-12(7-9-13)10(2)3/h6-11H,5H2,1-4H3,(H,15,16)/t11-/m0/s1. The van der Waals surface area contributed by atoms with Gasteiger partial charge in [-0.25, -0.2) is 0 Å². The first kappa shape index (κ1) is 12.8. The minimum Gasteiger partial charge on any atom is -0.350 e. The molecule has 1 rings (SSSR count). The molecule has 2 nitrogen and oxygen atoms in total. The van der Waals surface area contributed by atoms with Crippen molar-refractivity contribution in [2.45, 2.75) is 46.1 Å². The van der Waals surface area contributed by atoms with Gasteiger partial charge in [0.2, 0.25) is 5.91 Å². The molecule has 1 aromatic carbocycles. The van der Waals surface area contributed by atoms with Gasteiger partial charge in [0.25, 0.3) is 0 Å². The third kappa shape index (κ3) is 3.37. The van der Waals surface area contributed by atoms with Crippen molar-refractivity contribution in [2.24, 2.45) is 0 Å². The normalized spacial score (nSPS) is 12.6. The van der Waals surface area contributed by atoms with Gasteiger partial charge in [0.1, 0.15) is 0 Å². The second-order valence-corrected chi connectivity index (χ2v) is 4.46. The summed E-state index contributed by atoms with van der Waals surface area (Å²) in [6.45, 7) is 8.23. The Kier molecular flexibility index (Phi) is 4.53. The maximum Gasteiger partial charge on any atom is 0.220 e. The average molecular weight is 219 g/mol. The molecule has 1 aromatic rings. The van der Waals surface area contributed by atoms with E-state index < -0.39 is 0 Å². The second-order valence-electron chi connectivity index (χ2n) is 4.46. The first-order valence-corrected chi connectivity index (χ1v) is 5.93. The molecule has 88 valence electrons. The molecule has 16 heavy (non-hydrogen) atoms. The van der Waals surface area contributed by atoms with E-state index in [1.165, 1.54) is 5.56 Å². The quantitative estimate of drug-likeness (QED) is 0.826. The van der Waals surface area contributed by atoms with Crippen LogP contribution >= 0.6 is 0 Å². The number of hydrogen-bond acceptors (Lipinski definition) is 1. The van der Waals surface area contributed by atoms with E-state index >= 15 is 0 Å². The van der Waals surface area contributed by atoms with Crippen molar-refractivity contribution in [1.82, 2.24) is 5.32 Å². The summed E-state index contributed by atoms with van der Waals surface area (Å²) in [6.07, 6.45) is 0.536. The Hall–Kier alpha value is -1.31. The zero-order valence-electron chi connectivity index (χ0n) is 10.6. The van der Waals surface area contributed by atoms with Crippen LogP contribution in [0.3, 0.4) is 0 Å². The van der Waals surface area contributed by atoms with E-state index in [-0.39, 0.29) is 11.9 Å². The van der Waals surface area contributed by atoms with E-state index in [0.29, 0.717) is 12.3 Å². The Balaban J connectivity index is 2.70. The monoisotopic (exact) mass is 219 g/mol. The molecule has 1 atom stereocenters. The molecule has 0 saturated carbocycles. The molecule has 0 fully saturated rings. The highest BCUT2D eigenvalue weighted by Crippen LogP contribution is 2.18. The summed E-state index contributed by atoms with van der Waals surface area (Å²) in [5, 5.41) is 2.96. The molecule has 0 aliphatic carbocycles. The van der Waals surface area contributed by atoms with E-state index in [9.17, 15) is 4.79 Å². The highest BCUT2D eigenvalue weighted by molar-refractivity contribution is 5.75. The third-order valence-electron chi connectivity index (χ3n) is 2.80. The van der Waals surface area contributed by atoms with Gasteiger partial charge in [-0.2, -0.15) is 0 Å². The zero-order valence-corrected chi connectivity index (χ0v) is 10.6. The van der Waals surface area contributed by atoms with Crippen LogP contribution in [0, 0.1) is 0 Å². The van der Waals surface area contributed by atoms with Crippen LogP contribution < -0.4 is 5.32 Å². The van der Waals surface area contributed by atoms with Crippen LogP contribution in [0.2, 0.25) is 0 Å². The molecule has 0 unspecified atom stereocenters. The van der Waals surface area contributed by atoms with Crippen LogP contribution in [-0.4, -0.2) is 5.91 Å². The SMILES string of the molecule is CCC(=O)N[C@@H](C)c1ccc(C(C)C)cc1. The molecule has 0 saturated heterocycles. The van der Waals surface area contributed by atoms with Crippen LogP contribution in [-0.2, 0) is 4.79 Å². The molecule has 0 aliphatic heterocycles. The van der Waals surface area contributed by atoms with E-state index in [4.69, 9.17) is 0 Å². The summed E-state index contributed by atoms with van der Waals surface area (Å²) < 4.78 is 0. The summed E-state index contributed by atoms with van der Waals surface area (Å²) >= 11 is 0. The molecule has 1 amide bonds. The number of carbonyl (C=O) groups is 1. The number of amides is 1. The fraction of sp³-hybridized carbons (Fsp3) is 0.500. The minimum absolute atomic E-state index is 0.0914. The van der Waals surface area contributed by atoms with Crippen molar-refractivity contribution in [3.05, 3.63) is 35.4 Å². The molecule has 0 aliphatic rings. The first-order chi connectivity index (χ1) is 7.54. The van der Waals surface area contributed by atoms with Crippen molar-refractivity contribution in [3.63, 3.8) is 0 Å². The Morgan fingerprint density at radius 2 is 1.62 bits per heavy atom. The van der Waals surface area contributed by atoms with Crippen LogP contribution in [0.1, 0.15) is 57.2 Å². The Morgan fingerprint density at radius 3 is 2.06 bits per heavy atom. The average Bonchev–Trinajstić information content (AvgIpc) is 2.28. The molecule has 0 aromatic heterocycles. The lowest BCUT2D eigenvalue weighted by Gasteiger charge is -2.15. The topological polar surface area (TPSA) is 29.1 Å². The molecule has 0 spiro atoms. The predicted octanol–water partition coefficient (Wildman–Crippen LogP) is 3.40. The molecular formula is C14H21NO. The maximum atomic E-state index is 11.3. The van der Waals surface area contributed by atoms with Crippen molar-refractivity contribution in [3.8, 4) is 0 Å². The van der Waals surface area contributed by atoms with Crippen LogP contribution in [0.5, 0.6) is 0 Å². The van der Waals surface area contributed by atoms with Gasteiger partial charge in [-0.05, 0) is 24.0 Å². The maximum absolute atomic E-state index is 11.3. The van der Waals surface area contributed by atoms with Crippen molar-refractivity contribution < 1.29 is 4.79 Å². The first-order valence-electron chi connectivity index (χ1n) is 5.93. The minimum atomic E-state index is 0.0914. The zero-order chi connectivity index (χ0) is 12.1. The van der Waals surface area contributed by atoms with Crippen molar-refractivity contribution >= 4 is 5.91 Å². The van der Waals surface area contributed by atoms with Crippen LogP contribution in [0.15, 0.2) is 24.3 Å². The smallest absolute Gasteiger partial charge is 0.220 e. The summed E-state index contributed by atoms with van der Waals surface area (Å²) in [4.78, 5) is 11.3. The molecule has 2 heteroatoms. The number of carbonyl (C=O) groups excluding carboxylic acids is 1. The number of rotatable bonds is 4. The predicted molar refractivity (Wildman–Crippen MR) is 67.4 cm³/mol. The van der Waals surface area contributed by atoms with E-state index in [1.54, 1.807) is 0 Å². The van der Waals surface area contributed by atoms with Crippen LogP contribution in [0.4, 0.5) is 0 Å². The largest absolute Gasteiger partial charge is 0.350 e. The van der Waals surface area contributed by atoms with Gasteiger partial charge in [0.15, 0.2) is 0 Å². The summed E-state index contributed by atoms with van der Waals surface area (Å²) in [6, 6.07) is 8.54. The van der Waals surface area contributed by atoms with Gasteiger partial charge in [0, 0.05) is 6.42 Å². The molecule has 1 N–H and O–H groups in total. The van der Waals surface area contributed by atoms with Gasteiger partial charge in [0.05, 0.1) is 6.04 Å². The Labute approximate surface area is 98.1 Å². The van der Waals surface area contributed by atoms with Crippen LogP contribution in [0.25, 0.3) is 0 Å². The molecule has 0 radical (unpaired) electrons. The van der Waals surface area contributed by atoms with Gasteiger partial charge >= 0.3 is 0 Å². The second kappa shape index (κ2) is 5.69. The van der Waals surface area contributed by atoms with Gasteiger partial charge < -0.3 is 5.32 Å². The molecule has 0 bridgehead atoms. The van der Waals surface area contributed by atoms with Crippen molar-refractivity contribution in [2.75, 3.05) is 0 Å². The van der Waals surface area contributed by atoms with E-state index in [2.05, 4.69) is 43.4 Å². The Bertz CT molecular complexity index is 340. The lowest BCUT2D eigenvalue weighted by molar-refractivity contribution is -0.121. The number of nitrogens with one attached hydrogen (secondary N) is 1. The number of hydrogen-bond donors (Lipinski definition) is 1. The Morgan fingerprint density at radius 1 is 1.12 bits per heavy atom. The third-order valence-corrected chi connectivity index (χ3v) is 2.80. The lowest BCUT2D eigenvalue weighted by Crippen LogP contribution is -2.25. The van der Waals surface area contributed by atoms with Gasteiger partial charge in [-0.15, -0.1) is 0 Å². The fourth-order valence-electron chi connectivity index (χ4n) is 1.60. The summed E-state index contributed by atoms with van der Waals surface area (Å²) in [5.74, 6) is 0.648. The van der Waals surface area contributed by atoms with Gasteiger partial charge in [-0.3, -0.25) is 4.79 Å². The summed E-state index contributed by atoms with van der Waals surface area (Å²) in [7, 11) is 0. The highest BCUT2D eigenvalue weighted by Gasteiger charge is 2.08. The van der Waals surface area contributed by atoms with Gasteiger partial charge in [-0.1, -0.05) is 45.0 Å². The molecule has 0 heterocycles. The number of benzene rings is 1. The van der Waals surface area contributed by atoms with Crippen molar-refractivity contribution in [1.29, 1.82) is 0 Å².